The number of pyridine rings is 1. The molecule has 2 fully saturated rings. The summed E-state index contributed by atoms with van der Waals surface area (Å²) in [5, 5.41) is 6.70. The van der Waals surface area contributed by atoms with Gasteiger partial charge in [0.25, 0.3) is 0 Å². The van der Waals surface area contributed by atoms with E-state index in [4.69, 9.17) is 21.3 Å². The van der Waals surface area contributed by atoms with E-state index in [-0.39, 0.29) is 18.1 Å². The van der Waals surface area contributed by atoms with Gasteiger partial charge in [-0.25, -0.2) is 4.98 Å². The van der Waals surface area contributed by atoms with Gasteiger partial charge in [-0.2, -0.15) is 11.3 Å². The maximum absolute atomic E-state index is 13.4. The molecule has 1 saturated heterocycles. The summed E-state index contributed by atoms with van der Waals surface area (Å²) in [5.74, 6) is 0.00224. The first-order valence-electron chi connectivity index (χ1n) is 11.3. The zero-order valence-corrected chi connectivity index (χ0v) is 21.1. The van der Waals surface area contributed by atoms with Gasteiger partial charge in [0.15, 0.2) is 5.78 Å². The van der Waals surface area contributed by atoms with Crippen molar-refractivity contribution in [2.45, 2.75) is 48.3 Å². The van der Waals surface area contributed by atoms with E-state index in [0.29, 0.717) is 33.5 Å². The van der Waals surface area contributed by atoms with Crippen LogP contribution in [0.1, 0.15) is 43.9 Å². The number of ether oxygens (including phenoxy) is 1. The van der Waals surface area contributed by atoms with Crippen molar-refractivity contribution < 1.29 is 14.3 Å². The molecule has 5 nitrogen and oxygen atoms in total. The molecule has 3 aromatic rings. The van der Waals surface area contributed by atoms with E-state index in [1.54, 1.807) is 6.07 Å². The minimum Gasteiger partial charge on any atom is -0.478 e. The van der Waals surface area contributed by atoms with Crippen molar-refractivity contribution in [3.8, 4) is 5.88 Å². The van der Waals surface area contributed by atoms with Crippen molar-refractivity contribution in [2.75, 3.05) is 6.61 Å². The highest BCUT2D eigenvalue weighted by molar-refractivity contribution is 8.01. The Labute approximate surface area is 212 Å². The Balaban J connectivity index is 1.41. The molecule has 2 atom stereocenters. The Morgan fingerprint density at radius 3 is 2.71 bits per heavy atom. The largest absolute Gasteiger partial charge is 0.478 e. The minimum absolute atomic E-state index is 0.103. The van der Waals surface area contributed by atoms with Gasteiger partial charge in [0.2, 0.25) is 11.8 Å². The SMILES string of the molecule is CC1(CCOc2cccc(C3(c4ccsc4)CC(=O)C(Sc4ccccc4Cl)C(=O)N3)n2)CC1. The average molecular weight is 513 g/mol. The number of Topliss-reactive ketones (excluding diaryl/α,β-unsaturated/α-hetero) is 1. The number of hydrogen-bond acceptors (Lipinski definition) is 6. The number of piperidine rings is 1. The number of carbonyl (C=O) groups excluding carboxylic acids is 2. The molecule has 0 bridgehead atoms. The van der Waals surface area contributed by atoms with Gasteiger partial charge < -0.3 is 10.1 Å². The fourth-order valence-corrected chi connectivity index (χ4v) is 6.16. The highest BCUT2D eigenvalue weighted by Gasteiger charge is 2.48. The Bertz CT molecular complexity index is 1190. The summed E-state index contributed by atoms with van der Waals surface area (Å²) in [4.78, 5) is 32.2. The van der Waals surface area contributed by atoms with Gasteiger partial charge in [-0.15, -0.1) is 11.8 Å². The topological polar surface area (TPSA) is 68.3 Å². The first-order valence-corrected chi connectivity index (χ1v) is 13.5. The molecule has 1 amide bonds. The molecular weight excluding hydrogens is 488 g/mol. The van der Waals surface area contributed by atoms with Gasteiger partial charge in [0, 0.05) is 17.4 Å². The zero-order valence-electron chi connectivity index (χ0n) is 18.8. The summed E-state index contributed by atoms with van der Waals surface area (Å²) >= 11 is 8.98. The van der Waals surface area contributed by atoms with Crippen molar-refractivity contribution >= 4 is 46.4 Å². The quantitative estimate of drug-likeness (QED) is 0.383. The number of aromatic nitrogens is 1. The predicted molar refractivity (Wildman–Crippen MR) is 136 cm³/mol. The van der Waals surface area contributed by atoms with Crippen LogP contribution in [0.2, 0.25) is 5.02 Å². The fourth-order valence-electron chi connectivity index (χ4n) is 4.19. The zero-order chi connectivity index (χ0) is 23.8. The summed E-state index contributed by atoms with van der Waals surface area (Å²) < 4.78 is 5.96. The van der Waals surface area contributed by atoms with Crippen LogP contribution < -0.4 is 10.1 Å². The number of thiophene rings is 1. The van der Waals surface area contributed by atoms with Crippen LogP contribution >= 0.6 is 34.7 Å². The van der Waals surface area contributed by atoms with Gasteiger partial charge in [-0.1, -0.05) is 36.7 Å². The first-order chi connectivity index (χ1) is 16.4. The molecule has 2 aliphatic rings. The van der Waals surface area contributed by atoms with Crippen LogP contribution in [0.4, 0.5) is 0 Å². The van der Waals surface area contributed by atoms with Crippen LogP contribution in [0, 0.1) is 5.41 Å². The number of benzene rings is 1. The molecule has 0 radical (unpaired) electrons. The van der Waals surface area contributed by atoms with Crippen molar-refractivity contribution in [1.29, 1.82) is 0 Å². The number of nitrogens with one attached hydrogen (secondary N) is 1. The number of hydrogen-bond donors (Lipinski definition) is 1. The van der Waals surface area contributed by atoms with E-state index in [1.807, 2.05) is 53.2 Å². The molecule has 2 unspecified atom stereocenters. The molecule has 2 aromatic heterocycles. The van der Waals surface area contributed by atoms with Crippen LogP contribution in [0.5, 0.6) is 5.88 Å². The maximum Gasteiger partial charge on any atom is 0.242 e. The lowest BCUT2D eigenvalue weighted by Gasteiger charge is -2.39. The second kappa shape index (κ2) is 9.36. The van der Waals surface area contributed by atoms with E-state index < -0.39 is 10.8 Å². The summed E-state index contributed by atoms with van der Waals surface area (Å²) in [6.07, 6.45) is 3.58. The predicted octanol–water partition coefficient (Wildman–Crippen LogP) is 5.86. The number of ketones is 1. The Kier molecular flexibility index (Phi) is 6.44. The molecule has 8 heteroatoms. The monoisotopic (exact) mass is 512 g/mol. The second-order valence-corrected chi connectivity index (χ2v) is 11.6. The van der Waals surface area contributed by atoms with Gasteiger partial charge in [0.05, 0.1) is 17.3 Å². The number of carbonyl (C=O) groups is 2. The molecule has 1 N–H and O–H groups in total. The van der Waals surface area contributed by atoms with Gasteiger partial charge in [-0.3, -0.25) is 9.59 Å². The van der Waals surface area contributed by atoms with E-state index in [0.717, 1.165) is 12.0 Å². The Hall–Kier alpha value is -2.35. The third-order valence-electron chi connectivity index (χ3n) is 6.62. The van der Waals surface area contributed by atoms with Crippen molar-refractivity contribution in [1.82, 2.24) is 10.3 Å². The van der Waals surface area contributed by atoms with Crippen molar-refractivity contribution in [3.63, 3.8) is 0 Å². The molecule has 3 heterocycles. The van der Waals surface area contributed by atoms with Gasteiger partial charge >= 0.3 is 0 Å². The van der Waals surface area contributed by atoms with Crippen molar-refractivity contribution in [3.05, 3.63) is 75.6 Å². The van der Waals surface area contributed by atoms with Gasteiger partial charge in [0.1, 0.15) is 10.8 Å². The molecule has 0 spiro atoms. The van der Waals surface area contributed by atoms with Crippen LogP contribution in [-0.4, -0.2) is 28.5 Å². The van der Waals surface area contributed by atoms with E-state index in [2.05, 4.69) is 12.2 Å². The fraction of sp³-hybridized carbons (Fsp3) is 0.346. The van der Waals surface area contributed by atoms with Crippen molar-refractivity contribution in [2.24, 2.45) is 5.41 Å². The summed E-state index contributed by atoms with van der Waals surface area (Å²) in [6, 6.07) is 14.7. The number of nitrogens with zero attached hydrogens (tertiary/aromatic N) is 1. The second-order valence-electron chi connectivity index (χ2n) is 9.25. The lowest BCUT2D eigenvalue weighted by Crippen LogP contribution is -2.58. The Morgan fingerprint density at radius 2 is 2.00 bits per heavy atom. The Morgan fingerprint density at radius 1 is 1.18 bits per heavy atom. The lowest BCUT2D eigenvalue weighted by molar-refractivity contribution is -0.133. The van der Waals surface area contributed by atoms with Crippen LogP contribution in [-0.2, 0) is 15.1 Å². The maximum atomic E-state index is 13.4. The summed E-state index contributed by atoms with van der Waals surface area (Å²) in [7, 11) is 0. The van der Waals surface area contributed by atoms with Gasteiger partial charge in [-0.05, 0) is 65.3 Å². The summed E-state index contributed by atoms with van der Waals surface area (Å²) in [5.41, 5.74) is 0.806. The van der Waals surface area contributed by atoms with E-state index >= 15 is 0 Å². The third-order valence-corrected chi connectivity index (χ3v) is 9.07. The van der Waals surface area contributed by atoms with Crippen LogP contribution in [0.25, 0.3) is 0 Å². The minimum atomic E-state index is -1.03. The molecule has 1 saturated carbocycles. The number of amides is 1. The molecule has 1 aliphatic carbocycles. The molecule has 5 rings (SSSR count). The molecular formula is C26H25ClN2O3S2. The highest BCUT2D eigenvalue weighted by Crippen LogP contribution is 2.48. The normalized spacial score (nSPS) is 23.4. The highest BCUT2D eigenvalue weighted by atomic mass is 35.5. The smallest absolute Gasteiger partial charge is 0.242 e. The number of halogens is 1. The lowest BCUT2D eigenvalue weighted by atomic mass is 9.79. The molecule has 176 valence electrons. The molecule has 1 aliphatic heterocycles. The van der Waals surface area contributed by atoms with E-state index in [1.165, 1.54) is 35.9 Å². The first kappa shape index (κ1) is 23.4. The number of thioether (sulfide) groups is 1. The van der Waals surface area contributed by atoms with E-state index in [9.17, 15) is 9.59 Å². The average Bonchev–Trinajstić information content (AvgIpc) is 3.30. The van der Waals surface area contributed by atoms with Crippen LogP contribution in [0.3, 0.4) is 0 Å². The third kappa shape index (κ3) is 4.74. The molecule has 1 aromatic carbocycles. The number of rotatable bonds is 8. The molecule has 34 heavy (non-hydrogen) atoms. The van der Waals surface area contributed by atoms with Crippen LogP contribution in [0.15, 0.2) is 64.2 Å². The summed E-state index contributed by atoms with van der Waals surface area (Å²) in [6.45, 7) is 2.87. The standard InChI is InChI=1S/C26H25ClN2O3S2/c1-25(10-11-25)12-13-32-22-8-4-7-21(28-22)26(17-9-14-33-16-17)15-19(30)23(24(31)29-26)34-20-6-3-2-5-18(20)27/h2-9,14,16,23H,10-13,15H2,1H3,(H,29,31).